The van der Waals surface area contributed by atoms with Gasteiger partial charge >= 0.3 is 5.97 Å². The molecule has 3 N–H and O–H groups in total. The Labute approximate surface area is 407 Å². The lowest BCUT2D eigenvalue weighted by atomic mass is 9.81. The Kier molecular flexibility index (Phi) is 17.2. The summed E-state index contributed by atoms with van der Waals surface area (Å²) >= 11 is 0. The van der Waals surface area contributed by atoms with Gasteiger partial charge in [0.05, 0.1) is 100 Å². The van der Waals surface area contributed by atoms with Gasteiger partial charge in [0, 0.05) is 29.2 Å². The van der Waals surface area contributed by atoms with Gasteiger partial charge in [-0.15, -0.1) is 0 Å². The van der Waals surface area contributed by atoms with E-state index in [1.54, 1.807) is 39.0 Å². The SMILES string of the molecule is CC[C@]1(O)C(=O)OCc2c1cc1n(c2=O)Cc2c-1nc1cc(F)c(C)c3c1c2[C@H](NC(=O)C(C)(C)C(=O)N/N=C(/C)c1ccc(OCCOCCOCCOCCOCCOCCC(C)C)cc1)CC3. The smallest absolute Gasteiger partial charge is 0.343 e. The fourth-order valence-electron chi connectivity index (χ4n) is 8.79. The standard InChI is InChI=1S/C52H66FN5O12/c1-8-52(63)39-27-43-46-37(29-58(43)47(59)38(39)30-70-50(52)62)45-41(14-13-36-32(4)40(53)28-42(54-46)44(36)45)55-48(60)51(6,7)49(61)57-56-33(5)34-9-11-35(12-10-34)69-26-25-68-24-23-67-22-21-66-20-19-65-18-17-64-16-15-31(2)3/h9-12,27-28,31,41,63H,8,13-26,29-30H2,1-7H3,(H,55,60)(H,57,61)/b56-33-/t41-,52-/m1/s1. The number of nitrogens with one attached hydrogen (secondary N) is 2. The number of fused-ring (bicyclic) bond motifs is 5. The first-order chi connectivity index (χ1) is 33.6. The number of hydrogen-bond acceptors (Lipinski definition) is 14. The molecule has 0 bridgehead atoms. The number of amides is 2. The van der Waals surface area contributed by atoms with E-state index in [9.17, 15) is 24.3 Å². The third-order valence-electron chi connectivity index (χ3n) is 13.2. The number of aliphatic hydroxyl groups is 1. The van der Waals surface area contributed by atoms with E-state index in [-0.39, 0.29) is 30.7 Å². The van der Waals surface area contributed by atoms with Gasteiger partial charge in [-0.3, -0.25) is 14.4 Å². The Hall–Kier alpha value is -5.63. The molecule has 18 heteroatoms. The van der Waals surface area contributed by atoms with E-state index in [0.29, 0.717) is 135 Å². The molecule has 378 valence electrons. The Bertz CT molecular complexity index is 2650. The zero-order valence-corrected chi connectivity index (χ0v) is 41.3. The lowest BCUT2D eigenvalue weighted by Gasteiger charge is -2.32. The monoisotopic (exact) mass is 971 g/mol. The van der Waals surface area contributed by atoms with Gasteiger partial charge in [0.2, 0.25) is 5.91 Å². The Morgan fingerprint density at radius 1 is 0.914 bits per heavy atom. The number of carbonyl (C=O) groups excluding carboxylic acids is 3. The van der Waals surface area contributed by atoms with Crippen molar-refractivity contribution in [3.8, 4) is 17.1 Å². The summed E-state index contributed by atoms with van der Waals surface area (Å²) in [6.45, 7) is 17.6. The lowest BCUT2D eigenvalue weighted by Crippen LogP contribution is -2.48. The summed E-state index contributed by atoms with van der Waals surface area (Å²) in [6, 6.07) is 9.51. The number of carbonyl (C=O) groups is 3. The first-order valence-corrected chi connectivity index (χ1v) is 24.2. The van der Waals surface area contributed by atoms with Gasteiger partial charge in [-0.25, -0.2) is 19.6 Å². The molecule has 0 fully saturated rings. The highest BCUT2D eigenvalue weighted by Gasteiger charge is 2.46. The summed E-state index contributed by atoms with van der Waals surface area (Å²) in [7, 11) is 0. The summed E-state index contributed by atoms with van der Waals surface area (Å²) in [6.07, 6.45) is 1.84. The maximum atomic E-state index is 15.4. The summed E-state index contributed by atoms with van der Waals surface area (Å²) in [4.78, 5) is 59.5. The molecule has 4 heterocycles. The van der Waals surface area contributed by atoms with Crippen LogP contribution < -0.4 is 21.0 Å². The highest BCUT2D eigenvalue weighted by molar-refractivity contribution is 6.06. The van der Waals surface area contributed by atoms with E-state index in [0.717, 1.165) is 24.2 Å². The number of rotatable bonds is 25. The highest BCUT2D eigenvalue weighted by atomic mass is 19.1. The van der Waals surface area contributed by atoms with Gasteiger partial charge in [-0.2, -0.15) is 5.10 Å². The predicted octanol–water partition coefficient (Wildman–Crippen LogP) is 5.71. The molecule has 2 amide bonds. The van der Waals surface area contributed by atoms with Crippen LogP contribution in [0.5, 0.6) is 5.75 Å². The van der Waals surface area contributed by atoms with Crippen molar-refractivity contribution >= 4 is 34.4 Å². The number of cyclic esters (lactones) is 1. The molecule has 0 spiro atoms. The van der Waals surface area contributed by atoms with E-state index >= 15 is 4.39 Å². The molecular formula is C52H66FN5O12. The molecular weight excluding hydrogens is 906 g/mol. The largest absolute Gasteiger partial charge is 0.491 e. The summed E-state index contributed by atoms with van der Waals surface area (Å²) in [5.41, 5.74) is 3.69. The molecule has 70 heavy (non-hydrogen) atoms. The number of hydrogen-bond donors (Lipinski definition) is 3. The van der Waals surface area contributed by atoms with Crippen molar-refractivity contribution in [2.75, 3.05) is 72.7 Å². The molecule has 2 aliphatic heterocycles. The van der Waals surface area contributed by atoms with Crippen molar-refractivity contribution in [3.05, 3.63) is 91.5 Å². The molecule has 2 aromatic carbocycles. The van der Waals surface area contributed by atoms with Crippen molar-refractivity contribution < 1.29 is 57.0 Å². The van der Waals surface area contributed by atoms with Gasteiger partial charge in [0.25, 0.3) is 11.5 Å². The average Bonchev–Trinajstić information content (AvgIpc) is 3.72. The number of ether oxygens (including phenoxy) is 7. The van der Waals surface area contributed by atoms with E-state index in [2.05, 4.69) is 29.7 Å². The van der Waals surface area contributed by atoms with Crippen LogP contribution >= 0.6 is 0 Å². The predicted molar refractivity (Wildman–Crippen MR) is 258 cm³/mol. The number of pyridine rings is 2. The lowest BCUT2D eigenvalue weighted by molar-refractivity contribution is -0.172. The minimum Gasteiger partial charge on any atom is -0.491 e. The highest BCUT2D eigenvalue weighted by Crippen LogP contribution is 2.46. The van der Waals surface area contributed by atoms with Gasteiger partial charge in [0.1, 0.15) is 30.2 Å². The number of esters is 1. The van der Waals surface area contributed by atoms with Crippen LogP contribution in [0.15, 0.2) is 46.3 Å². The molecule has 0 saturated carbocycles. The third-order valence-corrected chi connectivity index (χ3v) is 13.2. The molecule has 17 nitrogen and oxygen atoms in total. The van der Waals surface area contributed by atoms with Crippen LogP contribution in [0.4, 0.5) is 4.39 Å². The number of halogens is 1. The zero-order chi connectivity index (χ0) is 50.2. The molecule has 3 aliphatic rings. The second-order valence-electron chi connectivity index (χ2n) is 18.8. The van der Waals surface area contributed by atoms with Crippen LogP contribution in [0, 0.1) is 24.1 Å². The van der Waals surface area contributed by atoms with E-state index in [4.69, 9.17) is 38.1 Å². The molecule has 0 saturated heterocycles. The number of benzene rings is 2. The zero-order valence-electron chi connectivity index (χ0n) is 41.3. The van der Waals surface area contributed by atoms with Crippen molar-refractivity contribution in [3.63, 3.8) is 0 Å². The van der Waals surface area contributed by atoms with E-state index < -0.39 is 46.2 Å². The van der Waals surface area contributed by atoms with E-state index in [1.165, 1.54) is 24.5 Å². The number of hydrazone groups is 1. The first-order valence-electron chi connectivity index (χ1n) is 24.2. The van der Waals surface area contributed by atoms with Crippen LogP contribution in [0.2, 0.25) is 0 Å². The van der Waals surface area contributed by atoms with Crippen LogP contribution in [-0.4, -0.2) is 111 Å². The average molecular weight is 972 g/mol. The Morgan fingerprint density at radius 3 is 2.14 bits per heavy atom. The second-order valence-corrected chi connectivity index (χ2v) is 18.8. The molecule has 4 aromatic rings. The number of aryl methyl sites for hydroxylation is 1. The minimum atomic E-state index is -2.03. The third kappa shape index (κ3) is 11.4. The fraction of sp³-hybridized carbons (Fsp3) is 0.538. The topological polar surface area (TPSA) is 207 Å². The van der Waals surface area contributed by atoms with Crippen molar-refractivity contribution in [1.29, 1.82) is 0 Å². The first kappa shape index (κ1) is 52.2. The second kappa shape index (κ2) is 23.1. The van der Waals surface area contributed by atoms with Crippen LogP contribution in [-0.2, 0) is 68.0 Å². The Balaban J connectivity index is 0.893. The van der Waals surface area contributed by atoms with Crippen LogP contribution in [0.3, 0.4) is 0 Å². The van der Waals surface area contributed by atoms with Crippen LogP contribution in [0.1, 0.15) is 106 Å². The van der Waals surface area contributed by atoms with Crippen molar-refractivity contribution in [2.45, 2.75) is 98.9 Å². The number of nitrogens with zero attached hydrogens (tertiary/aromatic N) is 3. The van der Waals surface area contributed by atoms with E-state index in [1.807, 2.05) is 12.1 Å². The Morgan fingerprint density at radius 2 is 1.53 bits per heavy atom. The molecule has 0 radical (unpaired) electrons. The fourth-order valence-corrected chi connectivity index (χ4v) is 8.79. The molecule has 7 rings (SSSR count). The number of aromatic nitrogens is 2. The summed E-state index contributed by atoms with van der Waals surface area (Å²) in [5.74, 6) is -1.21. The minimum absolute atomic E-state index is 0.0225. The molecule has 2 atom stereocenters. The maximum absolute atomic E-state index is 15.4. The van der Waals surface area contributed by atoms with Crippen molar-refractivity contribution in [2.24, 2.45) is 16.4 Å². The quantitative estimate of drug-likeness (QED) is 0.0211. The maximum Gasteiger partial charge on any atom is 0.343 e. The molecule has 0 unspecified atom stereocenters. The summed E-state index contributed by atoms with van der Waals surface area (Å²) < 4.78 is 55.7. The van der Waals surface area contributed by atoms with Gasteiger partial charge in [-0.1, -0.05) is 20.8 Å². The van der Waals surface area contributed by atoms with Crippen LogP contribution in [0.25, 0.3) is 22.3 Å². The molecule has 2 aromatic heterocycles. The van der Waals surface area contributed by atoms with Gasteiger partial charge in [-0.05, 0) is 112 Å². The van der Waals surface area contributed by atoms with Gasteiger partial charge < -0.3 is 48.1 Å². The normalized spacial score (nSPS) is 17.3. The van der Waals surface area contributed by atoms with Crippen molar-refractivity contribution in [1.82, 2.24) is 20.3 Å². The summed E-state index contributed by atoms with van der Waals surface area (Å²) in [5, 5.41) is 19.5. The van der Waals surface area contributed by atoms with Gasteiger partial charge in [0.15, 0.2) is 5.60 Å². The molecule has 1 aliphatic carbocycles.